The molecule has 0 unspecified atom stereocenters. The maximum Gasteiger partial charge on any atom is 0.0431 e. The van der Waals surface area contributed by atoms with Crippen LogP contribution in [0.1, 0.15) is 25.7 Å². The van der Waals surface area contributed by atoms with Crippen molar-refractivity contribution in [1.82, 2.24) is 11.5 Å². The molecule has 6 N–H and O–H groups in total. The Hall–Kier alpha value is -0.160. The van der Waals surface area contributed by atoms with Gasteiger partial charge in [0, 0.05) is 13.2 Å². The van der Waals surface area contributed by atoms with Crippen LogP contribution < -0.4 is 11.5 Å². The normalized spacial score (nSPS) is 14.5. The Balaban J connectivity index is 0. The zero-order valence-corrected chi connectivity index (χ0v) is 7.76. The highest BCUT2D eigenvalue weighted by molar-refractivity contribution is 4.55. The SMILES string of the molecule is C1CCNC1.N.OCCCCO. The third kappa shape index (κ3) is 12.5. The fourth-order valence-electron chi connectivity index (χ4n) is 0.849. The van der Waals surface area contributed by atoms with E-state index in [-0.39, 0.29) is 19.4 Å². The molecule has 1 aliphatic rings. The molecule has 1 fully saturated rings. The first-order valence-corrected chi connectivity index (χ1v) is 4.34. The Kier molecular flexibility index (Phi) is 16.1. The Morgan fingerprint density at radius 3 is 1.50 bits per heavy atom. The summed E-state index contributed by atoms with van der Waals surface area (Å²) < 4.78 is 0. The van der Waals surface area contributed by atoms with Gasteiger partial charge in [0.05, 0.1) is 0 Å². The highest BCUT2D eigenvalue weighted by atomic mass is 16.3. The molecule has 4 nitrogen and oxygen atoms in total. The molecule has 0 aromatic carbocycles. The van der Waals surface area contributed by atoms with Gasteiger partial charge in [-0.2, -0.15) is 0 Å². The molecule has 1 heterocycles. The van der Waals surface area contributed by atoms with Crippen molar-refractivity contribution in [3.63, 3.8) is 0 Å². The summed E-state index contributed by atoms with van der Waals surface area (Å²) in [6.45, 7) is 2.89. The quantitative estimate of drug-likeness (QED) is 0.468. The molecule has 0 saturated carbocycles. The van der Waals surface area contributed by atoms with Crippen LogP contribution >= 0.6 is 0 Å². The number of aliphatic hydroxyl groups excluding tert-OH is 2. The summed E-state index contributed by atoms with van der Waals surface area (Å²) >= 11 is 0. The van der Waals surface area contributed by atoms with Crippen molar-refractivity contribution in [2.24, 2.45) is 0 Å². The lowest BCUT2D eigenvalue weighted by molar-refractivity contribution is 0.242. The lowest BCUT2D eigenvalue weighted by Gasteiger charge is -1.85. The highest BCUT2D eigenvalue weighted by Gasteiger charge is 1.93. The second kappa shape index (κ2) is 13.4. The number of nitrogens with one attached hydrogen (secondary N) is 1. The maximum atomic E-state index is 8.09. The van der Waals surface area contributed by atoms with Gasteiger partial charge in [-0.1, -0.05) is 0 Å². The second-order valence-electron chi connectivity index (χ2n) is 2.61. The molecular weight excluding hydrogens is 156 g/mol. The van der Waals surface area contributed by atoms with Crippen LogP contribution in [-0.4, -0.2) is 36.5 Å². The molecule has 0 atom stereocenters. The first-order chi connectivity index (χ1) is 5.41. The third-order valence-electron chi connectivity index (χ3n) is 1.52. The monoisotopic (exact) mass is 178 g/mol. The topological polar surface area (TPSA) is 87.5 Å². The van der Waals surface area contributed by atoms with Gasteiger partial charge in [0.15, 0.2) is 0 Å². The van der Waals surface area contributed by atoms with E-state index in [1.165, 1.54) is 25.9 Å². The summed E-state index contributed by atoms with van der Waals surface area (Å²) in [6, 6.07) is 0. The van der Waals surface area contributed by atoms with Crippen LogP contribution in [0.5, 0.6) is 0 Å². The van der Waals surface area contributed by atoms with Gasteiger partial charge in [0.2, 0.25) is 0 Å². The van der Waals surface area contributed by atoms with Crippen molar-refractivity contribution in [3.8, 4) is 0 Å². The zero-order valence-electron chi connectivity index (χ0n) is 7.76. The fraction of sp³-hybridized carbons (Fsp3) is 1.00. The number of aliphatic hydroxyl groups is 2. The van der Waals surface area contributed by atoms with Crippen LogP contribution in [0.25, 0.3) is 0 Å². The van der Waals surface area contributed by atoms with Crippen molar-refractivity contribution < 1.29 is 10.2 Å². The van der Waals surface area contributed by atoms with Crippen molar-refractivity contribution in [3.05, 3.63) is 0 Å². The Bertz CT molecular complexity index is 56.5. The number of hydrogen-bond donors (Lipinski definition) is 4. The van der Waals surface area contributed by atoms with Crippen LogP contribution in [-0.2, 0) is 0 Å². The van der Waals surface area contributed by atoms with Crippen LogP contribution in [0, 0.1) is 0 Å². The van der Waals surface area contributed by atoms with Crippen molar-refractivity contribution >= 4 is 0 Å². The van der Waals surface area contributed by atoms with Crippen LogP contribution in [0.2, 0.25) is 0 Å². The predicted octanol–water partition coefficient (Wildman–Crippen LogP) is 0.283. The van der Waals surface area contributed by atoms with Gasteiger partial charge in [-0.15, -0.1) is 0 Å². The largest absolute Gasteiger partial charge is 0.396 e. The number of hydrogen-bond acceptors (Lipinski definition) is 4. The summed E-state index contributed by atoms with van der Waals surface area (Å²) in [7, 11) is 0. The molecular formula is C8H22N2O2. The van der Waals surface area contributed by atoms with E-state index in [2.05, 4.69) is 5.32 Å². The van der Waals surface area contributed by atoms with E-state index < -0.39 is 0 Å². The molecule has 12 heavy (non-hydrogen) atoms. The average molecular weight is 178 g/mol. The molecule has 0 aromatic heterocycles. The van der Waals surface area contributed by atoms with E-state index in [1.807, 2.05) is 0 Å². The summed E-state index contributed by atoms with van der Waals surface area (Å²) in [5.74, 6) is 0. The molecule has 0 bridgehead atoms. The molecule has 0 aromatic rings. The molecule has 4 heteroatoms. The smallest absolute Gasteiger partial charge is 0.0431 e. The van der Waals surface area contributed by atoms with Gasteiger partial charge < -0.3 is 21.7 Å². The van der Waals surface area contributed by atoms with E-state index in [4.69, 9.17) is 10.2 Å². The molecule has 0 amide bonds. The number of unbranched alkanes of at least 4 members (excludes halogenated alkanes) is 1. The Morgan fingerprint density at radius 1 is 0.917 bits per heavy atom. The van der Waals surface area contributed by atoms with Gasteiger partial charge in [-0.3, -0.25) is 0 Å². The molecule has 0 spiro atoms. The Morgan fingerprint density at radius 2 is 1.33 bits per heavy atom. The lowest BCUT2D eigenvalue weighted by Crippen LogP contribution is -2.03. The highest BCUT2D eigenvalue weighted by Crippen LogP contribution is 1.90. The van der Waals surface area contributed by atoms with E-state index in [9.17, 15) is 0 Å². The summed E-state index contributed by atoms with van der Waals surface area (Å²) in [6.07, 6.45) is 4.22. The van der Waals surface area contributed by atoms with E-state index in [1.54, 1.807) is 0 Å². The van der Waals surface area contributed by atoms with Crippen molar-refractivity contribution in [1.29, 1.82) is 0 Å². The van der Waals surface area contributed by atoms with Crippen molar-refractivity contribution in [2.75, 3.05) is 26.3 Å². The van der Waals surface area contributed by atoms with E-state index >= 15 is 0 Å². The van der Waals surface area contributed by atoms with Crippen LogP contribution in [0.3, 0.4) is 0 Å². The van der Waals surface area contributed by atoms with Gasteiger partial charge in [0.25, 0.3) is 0 Å². The van der Waals surface area contributed by atoms with E-state index in [0.717, 1.165) is 12.8 Å². The molecule has 1 rings (SSSR count). The van der Waals surface area contributed by atoms with Crippen LogP contribution in [0.15, 0.2) is 0 Å². The lowest BCUT2D eigenvalue weighted by atomic mass is 10.3. The molecule has 0 aliphatic carbocycles. The summed E-state index contributed by atoms with van der Waals surface area (Å²) in [5.41, 5.74) is 0. The van der Waals surface area contributed by atoms with Crippen molar-refractivity contribution in [2.45, 2.75) is 25.7 Å². The minimum Gasteiger partial charge on any atom is -0.396 e. The van der Waals surface area contributed by atoms with Gasteiger partial charge in [-0.05, 0) is 38.8 Å². The fourth-order valence-corrected chi connectivity index (χ4v) is 0.849. The standard InChI is InChI=1S/C4H9N.C4H10O2.H3N/c1-2-4-5-3-1;5-3-1-2-4-6;/h5H,1-4H2;5-6H,1-4H2;1H3. The van der Waals surface area contributed by atoms with Gasteiger partial charge in [-0.25, -0.2) is 0 Å². The van der Waals surface area contributed by atoms with Gasteiger partial charge in [0.1, 0.15) is 0 Å². The molecule has 1 saturated heterocycles. The average Bonchev–Trinajstić information content (AvgIpc) is 2.57. The minimum absolute atomic E-state index is 0. The molecule has 76 valence electrons. The summed E-state index contributed by atoms with van der Waals surface area (Å²) in [5, 5.41) is 19.4. The maximum absolute atomic E-state index is 8.09. The van der Waals surface area contributed by atoms with Crippen LogP contribution in [0.4, 0.5) is 0 Å². The second-order valence-corrected chi connectivity index (χ2v) is 2.61. The Labute approximate surface area is 74.6 Å². The first kappa shape index (κ1) is 14.4. The third-order valence-corrected chi connectivity index (χ3v) is 1.52. The van der Waals surface area contributed by atoms with E-state index in [0.29, 0.717) is 0 Å². The first-order valence-electron chi connectivity index (χ1n) is 4.34. The number of rotatable bonds is 3. The van der Waals surface area contributed by atoms with Gasteiger partial charge >= 0.3 is 0 Å². The summed E-state index contributed by atoms with van der Waals surface area (Å²) in [4.78, 5) is 0. The molecule has 0 radical (unpaired) electrons. The predicted molar refractivity (Wildman–Crippen MR) is 50.5 cm³/mol. The molecule has 1 aliphatic heterocycles. The minimum atomic E-state index is 0. The zero-order chi connectivity index (χ0) is 8.36.